The number of rotatable bonds is 16. The Kier molecular flexibility index (Phi) is 17.6. The Morgan fingerprint density at radius 3 is 1.07 bits per heavy atom. The summed E-state index contributed by atoms with van der Waals surface area (Å²) in [7, 11) is 0. The molecular formula is C49H96N4O8. The zero-order valence-electron chi connectivity index (χ0n) is 42.1. The molecule has 0 bridgehead atoms. The molecule has 61 heavy (non-hydrogen) atoms. The molecule has 4 aliphatic rings. The van der Waals surface area contributed by atoms with Gasteiger partial charge < -0.3 is 39.8 Å². The maximum Gasteiger partial charge on any atom is 0.184 e. The molecule has 0 aromatic heterocycles. The molecule has 12 heteroatoms. The molecule has 4 heterocycles. The van der Waals surface area contributed by atoms with Gasteiger partial charge in [-0.25, -0.2) is 0 Å². The fraction of sp³-hybridized carbons (Fsp3) is 1.00. The third-order valence-electron chi connectivity index (χ3n) is 15.1. The van der Waals surface area contributed by atoms with Gasteiger partial charge in [0.1, 0.15) is 6.10 Å². The summed E-state index contributed by atoms with van der Waals surface area (Å²) in [5, 5.41) is 51.2. The molecule has 0 aromatic carbocycles. The normalized spacial score (nSPS) is 32.9. The van der Waals surface area contributed by atoms with Gasteiger partial charge in [0.2, 0.25) is 0 Å². The Balaban J connectivity index is 1.52. The molecular weight excluding hydrogens is 773 g/mol. The van der Waals surface area contributed by atoms with Crippen molar-refractivity contribution in [3.8, 4) is 0 Å². The Morgan fingerprint density at radius 2 is 0.689 bits per heavy atom. The van der Waals surface area contributed by atoms with Crippen molar-refractivity contribution in [1.29, 1.82) is 0 Å². The molecule has 0 spiro atoms. The molecule has 0 radical (unpaired) electrons. The smallest absolute Gasteiger partial charge is 0.184 e. The number of hydrogen-bond acceptors (Lipinski definition) is 12. The van der Waals surface area contributed by atoms with Crippen LogP contribution in [0.2, 0.25) is 0 Å². The molecule has 0 aliphatic carbocycles. The van der Waals surface area contributed by atoms with Gasteiger partial charge in [-0.2, -0.15) is 20.3 Å². The predicted molar refractivity (Wildman–Crippen MR) is 242 cm³/mol. The average Bonchev–Trinajstić information content (AvgIpc) is 3.36. The van der Waals surface area contributed by atoms with Crippen LogP contribution in [0.1, 0.15) is 226 Å². The van der Waals surface area contributed by atoms with E-state index in [2.05, 4.69) is 111 Å². The van der Waals surface area contributed by atoms with Crippen LogP contribution >= 0.6 is 0 Å². The predicted octanol–water partition coefficient (Wildman–Crippen LogP) is 11.3. The Labute approximate surface area is 373 Å². The second-order valence-corrected chi connectivity index (χ2v) is 24.9. The van der Waals surface area contributed by atoms with Gasteiger partial charge in [0.25, 0.3) is 0 Å². The molecule has 12 nitrogen and oxygen atoms in total. The van der Waals surface area contributed by atoms with Crippen molar-refractivity contribution in [1.82, 2.24) is 20.3 Å². The van der Waals surface area contributed by atoms with Gasteiger partial charge in [0.15, 0.2) is 6.29 Å². The minimum atomic E-state index is -0.648. The largest absolute Gasteiger partial charge is 0.378 e. The molecule has 0 aromatic rings. The molecule has 4 aliphatic heterocycles. The Hall–Kier alpha value is -0.480. The summed E-state index contributed by atoms with van der Waals surface area (Å²) < 4.78 is 28.2. The van der Waals surface area contributed by atoms with Gasteiger partial charge in [-0.15, -0.1) is 0 Å². The third kappa shape index (κ3) is 14.0. The number of nitrogens with zero attached hydrogens (tertiary/aromatic N) is 4. The van der Waals surface area contributed by atoms with Crippen LogP contribution in [0.25, 0.3) is 0 Å². The van der Waals surface area contributed by atoms with E-state index in [1.807, 2.05) is 0 Å². The molecule has 360 valence electrons. The lowest BCUT2D eigenvalue weighted by Gasteiger charge is -2.43. The topological polar surface area (TPSA) is 131 Å². The lowest BCUT2D eigenvalue weighted by atomic mass is 9.94. The van der Waals surface area contributed by atoms with Crippen molar-refractivity contribution in [2.24, 2.45) is 0 Å². The van der Waals surface area contributed by atoms with Crippen LogP contribution in [0.15, 0.2) is 0 Å². The van der Waals surface area contributed by atoms with Gasteiger partial charge >= 0.3 is 0 Å². The first-order valence-corrected chi connectivity index (χ1v) is 24.4. The van der Waals surface area contributed by atoms with E-state index in [4.69, 9.17) is 18.9 Å². The molecule has 4 N–H and O–H groups in total. The highest BCUT2D eigenvalue weighted by Crippen LogP contribution is 2.42. The highest BCUT2D eigenvalue weighted by molar-refractivity contribution is 4.98. The number of hydroxylamine groups is 8. The minimum absolute atomic E-state index is 0.101. The first-order chi connectivity index (χ1) is 27.8. The monoisotopic (exact) mass is 869 g/mol. The molecule has 4 saturated heterocycles. The van der Waals surface area contributed by atoms with Gasteiger partial charge in [-0.1, -0.05) is 25.7 Å². The summed E-state index contributed by atoms with van der Waals surface area (Å²) in [6.07, 6.45) is 14.1. The van der Waals surface area contributed by atoms with Crippen molar-refractivity contribution in [2.75, 3.05) is 6.61 Å². The number of hydrogen-bond donors (Lipinski definition) is 4. The van der Waals surface area contributed by atoms with E-state index in [0.717, 1.165) is 103 Å². The third-order valence-corrected chi connectivity index (χ3v) is 15.1. The summed E-state index contributed by atoms with van der Waals surface area (Å²) >= 11 is 0. The highest BCUT2D eigenvalue weighted by atomic mass is 16.7. The standard InChI is InChI=1S/C49H96N4O8/c1-42(2)27-23-36(32-46(9,10)50(42)54)58-31-21-19-17-18-20-22-40(59-37-24-28-43(3,4)51(55)47(11,12)33-37)41(60-38-25-29-44(5,6)52(56)48(13,14)34-38)61-39-26-30-45(7,8)53(57)49(15,16)35-39/h36-41,54-57H,17-35H2,1-16H3. The first kappa shape index (κ1) is 53.1. The lowest BCUT2D eigenvalue weighted by molar-refractivity contribution is -0.269. The van der Waals surface area contributed by atoms with Crippen LogP contribution < -0.4 is 0 Å². The molecule has 4 fully saturated rings. The van der Waals surface area contributed by atoms with Crippen LogP contribution in [0, 0.1) is 0 Å². The molecule has 5 unspecified atom stereocenters. The lowest BCUT2D eigenvalue weighted by Crippen LogP contribution is -2.53. The van der Waals surface area contributed by atoms with E-state index in [9.17, 15) is 20.8 Å². The fourth-order valence-corrected chi connectivity index (χ4v) is 11.6. The van der Waals surface area contributed by atoms with Crippen molar-refractivity contribution in [2.45, 2.75) is 307 Å². The summed E-state index contributed by atoms with van der Waals surface area (Å²) in [5.41, 5.74) is -3.31. The van der Waals surface area contributed by atoms with E-state index in [1.165, 1.54) is 15.2 Å². The van der Waals surface area contributed by atoms with Crippen LogP contribution in [-0.2, 0) is 18.9 Å². The number of unbranched alkanes of at least 4 members (excludes halogenated alkanes) is 4. The summed E-state index contributed by atoms with van der Waals surface area (Å²) in [5.74, 6) is 0. The highest BCUT2D eigenvalue weighted by Gasteiger charge is 2.48. The Morgan fingerprint density at radius 1 is 0.393 bits per heavy atom. The van der Waals surface area contributed by atoms with Crippen LogP contribution in [-0.4, -0.2) is 129 Å². The van der Waals surface area contributed by atoms with E-state index >= 15 is 0 Å². The summed E-state index contributed by atoms with van der Waals surface area (Å²) in [6.45, 7) is 34.3. The quantitative estimate of drug-likeness (QED) is 0.0870. The SMILES string of the molecule is CC1(C)CCC(OCCCCCCCC(OC2CCC(C)(C)N(O)C(C)(C)C2)C(OC2CCC(C)(C)N(O)C(C)(C)C2)OC2CCC(C)(C)N(O)C(C)(C)C2)CC(C)(C)N1O. The maximum absolute atomic E-state index is 11.4. The second kappa shape index (κ2) is 20.2. The van der Waals surface area contributed by atoms with Crippen LogP contribution in [0.3, 0.4) is 0 Å². The second-order valence-electron chi connectivity index (χ2n) is 24.9. The average molecular weight is 869 g/mol. The van der Waals surface area contributed by atoms with E-state index in [-0.39, 0.29) is 47.1 Å². The van der Waals surface area contributed by atoms with Gasteiger partial charge in [0, 0.05) is 50.9 Å². The fourth-order valence-electron chi connectivity index (χ4n) is 11.6. The van der Waals surface area contributed by atoms with Crippen molar-refractivity contribution >= 4 is 0 Å². The molecule has 0 saturated carbocycles. The van der Waals surface area contributed by atoms with Gasteiger partial charge in [-0.05, 0) is 201 Å². The Bertz CT molecular complexity index is 1320. The van der Waals surface area contributed by atoms with E-state index < -0.39 is 34.0 Å². The van der Waals surface area contributed by atoms with Crippen molar-refractivity contribution in [3.63, 3.8) is 0 Å². The molecule has 5 atom stereocenters. The minimum Gasteiger partial charge on any atom is -0.378 e. The summed E-state index contributed by atoms with van der Waals surface area (Å²) in [6, 6.07) is 0. The summed E-state index contributed by atoms with van der Waals surface area (Å²) in [4.78, 5) is 0. The van der Waals surface area contributed by atoms with Gasteiger partial charge in [0.05, 0.1) is 24.4 Å². The van der Waals surface area contributed by atoms with Crippen LogP contribution in [0.5, 0.6) is 0 Å². The first-order valence-electron chi connectivity index (χ1n) is 24.4. The number of ether oxygens (including phenoxy) is 4. The van der Waals surface area contributed by atoms with E-state index in [1.54, 1.807) is 5.06 Å². The zero-order chi connectivity index (χ0) is 46.0. The maximum atomic E-state index is 11.4. The van der Waals surface area contributed by atoms with Crippen LogP contribution in [0.4, 0.5) is 0 Å². The van der Waals surface area contributed by atoms with Gasteiger partial charge in [-0.3, -0.25) is 0 Å². The molecule has 4 rings (SSSR count). The molecule has 0 amide bonds. The zero-order valence-corrected chi connectivity index (χ0v) is 42.1. The van der Waals surface area contributed by atoms with E-state index in [0.29, 0.717) is 19.3 Å². The van der Waals surface area contributed by atoms with Crippen molar-refractivity contribution in [3.05, 3.63) is 0 Å². The van der Waals surface area contributed by atoms with Crippen molar-refractivity contribution < 1.29 is 39.8 Å².